The lowest BCUT2D eigenvalue weighted by Crippen LogP contribution is -2.15. The van der Waals surface area contributed by atoms with Gasteiger partial charge in [0.1, 0.15) is 5.75 Å². The van der Waals surface area contributed by atoms with Gasteiger partial charge in [0, 0.05) is 14.1 Å². The van der Waals surface area contributed by atoms with Crippen molar-refractivity contribution in [1.82, 2.24) is 0 Å². The molecule has 2 aromatic carbocycles. The van der Waals surface area contributed by atoms with E-state index in [1.807, 2.05) is 30.3 Å². The third kappa shape index (κ3) is 3.70. The summed E-state index contributed by atoms with van der Waals surface area (Å²) in [6.45, 7) is 0. The molecule has 2 rings (SSSR count). The van der Waals surface area contributed by atoms with E-state index < -0.39 is 0 Å². The third-order valence-electron chi connectivity index (χ3n) is 3.00. The van der Waals surface area contributed by atoms with Crippen molar-refractivity contribution in [2.24, 2.45) is 5.73 Å². The van der Waals surface area contributed by atoms with Crippen LogP contribution < -0.4 is 10.5 Å². The molecule has 0 aliphatic carbocycles. The molecular weight excluding hydrogens is 417 g/mol. The Morgan fingerprint density at radius 3 is 2.68 bits per heavy atom. The summed E-state index contributed by atoms with van der Waals surface area (Å²) >= 11 is 5.89. The second-order valence-electron chi connectivity index (χ2n) is 4.29. The molecule has 0 aliphatic rings. The summed E-state index contributed by atoms with van der Waals surface area (Å²) in [5.41, 5.74) is 8.66. The van der Waals surface area contributed by atoms with Crippen LogP contribution in [0.4, 0.5) is 0 Å². The number of hydrogen-bond acceptors (Lipinski definition) is 2. The van der Waals surface area contributed by atoms with Gasteiger partial charge < -0.3 is 10.5 Å². The van der Waals surface area contributed by atoms with Crippen molar-refractivity contribution < 1.29 is 4.74 Å². The molecule has 0 saturated carbocycles. The molecule has 1 atom stereocenters. The average molecular weight is 432 g/mol. The Balaban J connectivity index is 2.24. The van der Waals surface area contributed by atoms with Gasteiger partial charge >= 0.3 is 0 Å². The zero-order valence-corrected chi connectivity index (χ0v) is 14.3. The maximum absolute atomic E-state index is 6.32. The van der Waals surface area contributed by atoms with Gasteiger partial charge in [-0.1, -0.05) is 34.1 Å². The number of ether oxygens (including phenoxy) is 1. The number of nitrogens with two attached hydrogens (primary N) is 1. The van der Waals surface area contributed by atoms with Gasteiger partial charge in [-0.2, -0.15) is 0 Å². The van der Waals surface area contributed by atoms with Crippen LogP contribution in [0.5, 0.6) is 5.75 Å². The zero-order chi connectivity index (χ0) is 13.8. The fourth-order valence-corrected chi connectivity index (χ4v) is 3.15. The summed E-state index contributed by atoms with van der Waals surface area (Å²) in [5.74, 6) is 0.855. The first-order valence-electron chi connectivity index (χ1n) is 5.94. The maximum atomic E-state index is 6.32. The standard InChI is InChI=1S/C15H15BrINO/c1-19-11-6-7-13(16)10(8-11)9-15(18)12-4-2-3-5-14(12)17/h2-8,15H,9,18H2,1H3. The van der Waals surface area contributed by atoms with Crippen LogP contribution in [0.1, 0.15) is 17.2 Å². The highest BCUT2D eigenvalue weighted by Gasteiger charge is 2.12. The molecule has 0 bridgehead atoms. The number of benzene rings is 2. The molecule has 2 nitrogen and oxygen atoms in total. The summed E-state index contributed by atoms with van der Waals surface area (Å²) in [4.78, 5) is 0. The summed E-state index contributed by atoms with van der Waals surface area (Å²) in [6.07, 6.45) is 0.776. The van der Waals surface area contributed by atoms with Crippen LogP contribution in [0.25, 0.3) is 0 Å². The molecule has 0 fully saturated rings. The molecule has 0 aliphatic heterocycles. The molecule has 19 heavy (non-hydrogen) atoms. The summed E-state index contributed by atoms with van der Waals surface area (Å²) in [5, 5.41) is 0. The van der Waals surface area contributed by atoms with Gasteiger partial charge in [0.15, 0.2) is 0 Å². The molecule has 0 saturated heterocycles. The van der Waals surface area contributed by atoms with Gasteiger partial charge in [0.2, 0.25) is 0 Å². The minimum Gasteiger partial charge on any atom is -0.497 e. The van der Waals surface area contributed by atoms with E-state index in [4.69, 9.17) is 10.5 Å². The Morgan fingerprint density at radius 2 is 2.00 bits per heavy atom. The second kappa shape index (κ2) is 6.72. The fraction of sp³-hybridized carbons (Fsp3) is 0.200. The first-order chi connectivity index (χ1) is 9.11. The van der Waals surface area contributed by atoms with Crippen LogP contribution in [0, 0.1) is 3.57 Å². The first-order valence-corrected chi connectivity index (χ1v) is 7.81. The Kier molecular flexibility index (Phi) is 5.24. The molecular formula is C15H15BrINO. The van der Waals surface area contributed by atoms with Crippen LogP contribution in [-0.2, 0) is 6.42 Å². The van der Waals surface area contributed by atoms with E-state index in [1.165, 1.54) is 9.13 Å². The molecule has 0 spiro atoms. The molecule has 2 aromatic rings. The van der Waals surface area contributed by atoms with Gasteiger partial charge in [-0.05, 0) is 64.4 Å². The van der Waals surface area contributed by atoms with Crippen molar-refractivity contribution in [3.05, 3.63) is 61.6 Å². The Labute approximate surface area is 135 Å². The molecule has 0 heterocycles. The smallest absolute Gasteiger partial charge is 0.119 e. The lowest BCUT2D eigenvalue weighted by molar-refractivity contribution is 0.414. The lowest BCUT2D eigenvalue weighted by Gasteiger charge is -2.15. The molecule has 0 radical (unpaired) electrons. The van der Waals surface area contributed by atoms with Crippen molar-refractivity contribution in [1.29, 1.82) is 0 Å². The van der Waals surface area contributed by atoms with Crippen LogP contribution in [-0.4, -0.2) is 7.11 Å². The molecule has 0 amide bonds. The van der Waals surface area contributed by atoms with Crippen LogP contribution in [0.3, 0.4) is 0 Å². The van der Waals surface area contributed by atoms with Crippen molar-refractivity contribution in [2.45, 2.75) is 12.5 Å². The highest BCUT2D eigenvalue weighted by molar-refractivity contribution is 14.1. The fourth-order valence-electron chi connectivity index (χ4n) is 1.96. The topological polar surface area (TPSA) is 35.2 Å². The molecule has 0 aromatic heterocycles. The monoisotopic (exact) mass is 431 g/mol. The van der Waals surface area contributed by atoms with E-state index in [0.717, 1.165) is 22.2 Å². The number of methoxy groups -OCH3 is 1. The maximum Gasteiger partial charge on any atom is 0.119 e. The van der Waals surface area contributed by atoms with E-state index in [0.29, 0.717) is 0 Å². The van der Waals surface area contributed by atoms with Gasteiger partial charge in [-0.25, -0.2) is 0 Å². The Morgan fingerprint density at radius 1 is 1.26 bits per heavy atom. The normalized spacial score (nSPS) is 12.2. The number of rotatable bonds is 4. The predicted molar refractivity (Wildman–Crippen MR) is 90.5 cm³/mol. The Bertz CT molecular complexity index is 574. The quantitative estimate of drug-likeness (QED) is 0.732. The van der Waals surface area contributed by atoms with Crippen LogP contribution >= 0.6 is 38.5 Å². The molecule has 100 valence electrons. The van der Waals surface area contributed by atoms with E-state index >= 15 is 0 Å². The second-order valence-corrected chi connectivity index (χ2v) is 6.31. The van der Waals surface area contributed by atoms with Crippen molar-refractivity contribution in [3.63, 3.8) is 0 Å². The summed E-state index contributed by atoms with van der Waals surface area (Å²) in [7, 11) is 1.67. The van der Waals surface area contributed by atoms with Gasteiger partial charge in [0.25, 0.3) is 0 Å². The molecule has 4 heteroatoms. The minimum atomic E-state index is -0.0171. The van der Waals surface area contributed by atoms with Gasteiger partial charge in [-0.15, -0.1) is 0 Å². The lowest BCUT2D eigenvalue weighted by atomic mass is 10.00. The number of halogens is 2. The highest BCUT2D eigenvalue weighted by Crippen LogP contribution is 2.28. The zero-order valence-electron chi connectivity index (χ0n) is 10.6. The largest absolute Gasteiger partial charge is 0.497 e. The number of hydrogen-bond donors (Lipinski definition) is 1. The van der Waals surface area contributed by atoms with E-state index in [-0.39, 0.29) is 6.04 Å². The van der Waals surface area contributed by atoms with E-state index in [9.17, 15) is 0 Å². The van der Waals surface area contributed by atoms with E-state index in [1.54, 1.807) is 7.11 Å². The van der Waals surface area contributed by atoms with Crippen LogP contribution in [0.2, 0.25) is 0 Å². The van der Waals surface area contributed by atoms with Crippen molar-refractivity contribution in [3.8, 4) is 5.75 Å². The van der Waals surface area contributed by atoms with E-state index in [2.05, 4.69) is 50.7 Å². The highest BCUT2D eigenvalue weighted by atomic mass is 127. The average Bonchev–Trinajstić information content (AvgIpc) is 2.41. The molecule has 2 N–H and O–H groups in total. The third-order valence-corrected chi connectivity index (χ3v) is 4.75. The van der Waals surface area contributed by atoms with Crippen LogP contribution in [0.15, 0.2) is 46.9 Å². The van der Waals surface area contributed by atoms with Crippen molar-refractivity contribution >= 4 is 38.5 Å². The minimum absolute atomic E-state index is 0.0171. The summed E-state index contributed by atoms with van der Waals surface area (Å²) in [6, 6.07) is 14.2. The SMILES string of the molecule is COc1ccc(Br)c(CC(N)c2ccccc2I)c1. The summed E-state index contributed by atoms with van der Waals surface area (Å²) < 4.78 is 7.52. The van der Waals surface area contributed by atoms with Gasteiger partial charge in [0.05, 0.1) is 7.11 Å². The predicted octanol–water partition coefficient (Wildman–Crippen LogP) is 4.30. The van der Waals surface area contributed by atoms with Gasteiger partial charge in [-0.3, -0.25) is 0 Å². The molecule has 1 unspecified atom stereocenters. The first kappa shape index (κ1) is 14.8. The Hall–Kier alpha value is -0.590. The van der Waals surface area contributed by atoms with Crippen molar-refractivity contribution in [2.75, 3.05) is 7.11 Å².